The van der Waals surface area contributed by atoms with E-state index in [-0.39, 0.29) is 5.91 Å². The summed E-state index contributed by atoms with van der Waals surface area (Å²) in [5.74, 6) is 1.05. The van der Waals surface area contributed by atoms with Gasteiger partial charge in [0.05, 0.1) is 10.2 Å². The van der Waals surface area contributed by atoms with Gasteiger partial charge in [-0.2, -0.15) is 0 Å². The maximum absolute atomic E-state index is 13.2. The third kappa shape index (κ3) is 6.70. The first kappa shape index (κ1) is 25.0. The number of likely N-dealkylation sites (N-methyl/N-ethyl adjacent to an activating group) is 1. The number of rotatable bonds is 11. The van der Waals surface area contributed by atoms with Gasteiger partial charge in [0.25, 0.3) is 0 Å². The monoisotopic (exact) mass is 489 g/mol. The van der Waals surface area contributed by atoms with Crippen LogP contribution in [0.4, 0.5) is 5.13 Å². The molecular weight excluding hydrogens is 458 g/mol. The Morgan fingerprint density at radius 3 is 2.44 bits per heavy atom. The highest BCUT2D eigenvalue weighted by Crippen LogP contribution is 2.31. The first-order chi connectivity index (χ1) is 15.4. The summed E-state index contributed by atoms with van der Waals surface area (Å²) in [6.07, 6.45) is 1.35. The SMILES string of the molecule is CCN(CC)CCN(C(=O)CCCSc1ccc(Cl)cc1)c1nc2cc(C)c(C)cc2s1. The lowest BCUT2D eigenvalue weighted by atomic mass is 10.1. The molecule has 0 aliphatic carbocycles. The van der Waals surface area contributed by atoms with Gasteiger partial charge in [0.1, 0.15) is 0 Å². The molecule has 1 heterocycles. The molecule has 0 radical (unpaired) electrons. The molecule has 0 spiro atoms. The Labute approximate surface area is 205 Å². The van der Waals surface area contributed by atoms with E-state index in [1.807, 2.05) is 29.2 Å². The van der Waals surface area contributed by atoms with Crippen LogP contribution >= 0.6 is 34.7 Å². The molecule has 4 nitrogen and oxygen atoms in total. The molecule has 0 fully saturated rings. The van der Waals surface area contributed by atoms with Crippen molar-refractivity contribution in [3.05, 3.63) is 52.5 Å². The molecule has 0 atom stereocenters. The first-order valence-corrected chi connectivity index (χ1v) is 13.4. The zero-order valence-corrected chi connectivity index (χ0v) is 21.7. The Bertz CT molecular complexity index is 993. The number of benzene rings is 2. The van der Waals surface area contributed by atoms with Gasteiger partial charge in [-0.3, -0.25) is 9.69 Å². The summed E-state index contributed by atoms with van der Waals surface area (Å²) in [6, 6.07) is 12.2. The minimum Gasteiger partial charge on any atom is -0.302 e. The maximum Gasteiger partial charge on any atom is 0.228 e. The fourth-order valence-corrected chi connectivity index (χ4v) is 5.54. The molecule has 0 N–H and O–H groups in total. The van der Waals surface area contributed by atoms with E-state index in [4.69, 9.17) is 16.6 Å². The molecule has 3 rings (SSSR count). The topological polar surface area (TPSA) is 36.4 Å². The molecular formula is C25H32ClN3OS2. The fraction of sp³-hybridized carbons (Fsp3) is 0.440. The smallest absolute Gasteiger partial charge is 0.228 e. The van der Waals surface area contributed by atoms with E-state index in [1.165, 1.54) is 16.0 Å². The Morgan fingerprint density at radius 1 is 1.06 bits per heavy atom. The zero-order valence-electron chi connectivity index (χ0n) is 19.4. The normalized spacial score (nSPS) is 11.4. The van der Waals surface area contributed by atoms with Gasteiger partial charge in [-0.25, -0.2) is 4.98 Å². The lowest BCUT2D eigenvalue weighted by molar-refractivity contribution is -0.118. The molecule has 1 aromatic heterocycles. The van der Waals surface area contributed by atoms with E-state index in [1.54, 1.807) is 23.1 Å². The Balaban J connectivity index is 1.68. The van der Waals surface area contributed by atoms with Crippen molar-refractivity contribution >= 4 is 56.0 Å². The van der Waals surface area contributed by atoms with Crippen LogP contribution in [0.15, 0.2) is 41.3 Å². The molecule has 2 aromatic carbocycles. The summed E-state index contributed by atoms with van der Waals surface area (Å²) in [6.45, 7) is 12.0. The quantitative estimate of drug-likeness (QED) is 0.219. The highest BCUT2D eigenvalue weighted by Gasteiger charge is 2.20. The highest BCUT2D eigenvalue weighted by atomic mass is 35.5. The van der Waals surface area contributed by atoms with Gasteiger partial charge in [-0.05, 0) is 86.6 Å². The maximum atomic E-state index is 13.2. The largest absolute Gasteiger partial charge is 0.302 e. The molecule has 0 aliphatic rings. The van der Waals surface area contributed by atoms with Crippen molar-refractivity contribution in [1.82, 2.24) is 9.88 Å². The van der Waals surface area contributed by atoms with E-state index in [0.717, 1.165) is 52.2 Å². The van der Waals surface area contributed by atoms with Crippen LogP contribution in [0.1, 0.15) is 37.8 Å². The number of halogens is 1. The van der Waals surface area contributed by atoms with Gasteiger partial charge in [-0.1, -0.05) is 36.8 Å². The van der Waals surface area contributed by atoms with Gasteiger partial charge >= 0.3 is 0 Å². The molecule has 7 heteroatoms. The minimum absolute atomic E-state index is 0.154. The van der Waals surface area contributed by atoms with Gasteiger partial charge in [0.2, 0.25) is 5.91 Å². The van der Waals surface area contributed by atoms with E-state index < -0.39 is 0 Å². The van der Waals surface area contributed by atoms with Crippen LogP contribution in [-0.2, 0) is 4.79 Å². The standard InChI is InChI=1S/C25H32ClN3OS2/c1-5-28(6-2)13-14-29(25-27-22-16-18(3)19(4)17-23(22)32-25)24(30)8-7-15-31-21-11-9-20(26)10-12-21/h9-12,16-17H,5-8,13-15H2,1-4H3. The van der Waals surface area contributed by atoms with Crippen molar-refractivity contribution in [2.75, 3.05) is 36.8 Å². The van der Waals surface area contributed by atoms with Gasteiger partial charge < -0.3 is 4.90 Å². The number of thiazole rings is 1. The van der Waals surface area contributed by atoms with E-state index in [9.17, 15) is 4.79 Å². The molecule has 0 unspecified atom stereocenters. The first-order valence-electron chi connectivity index (χ1n) is 11.2. The second kappa shape index (κ2) is 12.0. The summed E-state index contributed by atoms with van der Waals surface area (Å²) < 4.78 is 1.14. The van der Waals surface area contributed by atoms with Crippen molar-refractivity contribution in [2.24, 2.45) is 0 Å². The Kier molecular flexibility index (Phi) is 9.41. The number of hydrogen-bond acceptors (Lipinski definition) is 5. The van der Waals surface area contributed by atoms with Crippen molar-refractivity contribution in [3.8, 4) is 0 Å². The van der Waals surface area contributed by atoms with Crippen LogP contribution in [0.5, 0.6) is 0 Å². The predicted molar refractivity (Wildman–Crippen MR) is 141 cm³/mol. The summed E-state index contributed by atoms with van der Waals surface area (Å²) in [4.78, 5) is 23.5. The van der Waals surface area contributed by atoms with Crippen LogP contribution in [0.25, 0.3) is 10.2 Å². The predicted octanol–water partition coefficient (Wildman–Crippen LogP) is 6.81. The molecule has 0 saturated heterocycles. The number of aryl methyl sites for hydroxylation is 2. The van der Waals surface area contributed by atoms with Crippen LogP contribution < -0.4 is 4.90 Å². The third-order valence-electron chi connectivity index (χ3n) is 5.68. The summed E-state index contributed by atoms with van der Waals surface area (Å²) in [5.41, 5.74) is 3.47. The lowest BCUT2D eigenvalue weighted by Crippen LogP contribution is -2.38. The number of nitrogens with zero attached hydrogens (tertiary/aromatic N) is 3. The van der Waals surface area contributed by atoms with E-state index in [0.29, 0.717) is 13.0 Å². The molecule has 172 valence electrons. The average molecular weight is 490 g/mol. The van der Waals surface area contributed by atoms with Crippen molar-refractivity contribution < 1.29 is 4.79 Å². The number of carbonyl (C=O) groups is 1. The number of thioether (sulfide) groups is 1. The van der Waals surface area contributed by atoms with Gasteiger partial charge in [0.15, 0.2) is 5.13 Å². The van der Waals surface area contributed by atoms with Crippen LogP contribution in [0.3, 0.4) is 0 Å². The molecule has 0 bridgehead atoms. The average Bonchev–Trinajstić information content (AvgIpc) is 3.18. The molecule has 32 heavy (non-hydrogen) atoms. The van der Waals surface area contributed by atoms with E-state index >= 15 is 0 Å². The number of carbonyl (C=O) groups excluding carboxylic acids is 1. The highest BCUT2D eigenvalue weighted by molar-refractivity contribution is 7.99. The summed E-state index contributed by atoms with van der Waals surface area (Å²) >= 11 is 9.34. The van der Waals surface area contributed by atoms with Crippen LogP contribution in [-0.4, -0.2) is 47.7 Å². The molecule has 3 aromatic rings. The number of anilines is 1. The Hall–Kier alpha value is -1.60. The summed E-state index contributed by atoms with van der Waals surface area (Å²) in [5, 5.41) is 1.56. The van der Waals surface area contributed by atoms with Gasteiger partial charge in [-0.15, -0.1) is 11.8 Å². The second-order valence-corrected chi connectivity index (χ2v) is 10.5. The number of fused-ring (bicyclic) bond motifs is 1. The third-order valence-corrected chi connectivity index (χ3v) is 8.07. The van der Waals surface area contributed by atoms with Crippen molar-refractivity contribution in [3.63, 3.8) is 0 Å². The number of hydrogen-bond donors (Lipinski definition) is 0. The Morgan fingerprint density at radius 2 is 1.75 bits per heavy atom. The fourth-order valence-electron chi connectivity index (χ4n) is 3.47. The number of aromatic nitrogens is 1. The van der Waals surface area contributed by atoms with Gasteiger partial charge in [0, 0.05) is 29.4 Å². The molecule has 0 aliphatic heterocycles. The lowest BCUT2D eigenvalue weighted by Gasteiger charge is -2.24. The van der Waals surface area contributed by atoms with Crippen molar-refractivity contribution in [1.29, 1.82) is 0 Å². The van der Waals surface area contributed by atoms with Crippen molar-refractivity contribution in [2.45, 2.75) is 45.4 Å². The van der Waals surface area contributed by atoms with Crippen LogP contribution in [0.2, 0.25) is 5.02 Å². The van der Waals surface area contributed by atoms with E-state index in [2.05, 4.69) is 44.7 Å². The number of amides is 1. The summed E-state index contributed by atoms with van der Waals surface area (Å²) in [7, 11) is 0. The van der Waals surface area contributed by atoms with Crippen LogP contribution in [0, 0.1) is 13.8 Å². The second-order valence-electron chi connectivity index (χ2n) is 7.88. The molecule has 0 saturated carbocycles. The minimum atomic E-state index is 0.154. The molecule has 1 amide bonds. The zero-order chi connectivity index (χ0) is 23.1.